The van der Waals surface area contributed by atoms with E-state index in [1.807, 2.05) is 0 Å². The average molecular weight is 428 g/mol. The van der Waals surface area contributed by atoms with E-state index in [-0.39, 0.29) is 18.5 Å². The van der Waals surface area contributed by atoms with E-state index in [0.717, 1.165) is 25.0 Å². The lowest BCUT2D eigenvalue weighted by molar-refractivity contribution is 0.0314. The number of benzene rings is 2. The first-order valence-electron chi connectivity index (χ1n) is 9.34. The Morgan fingerprint density at radius 2 is 2.00 bits per heavy atom. The highest BCUT2D eigenvalue weighted by molar-refractivity contribution is 6.35. The average Bonchev–Trinajstić information content (AvgIpc) is 3.16. The summed E-state index contributed by atoms with van der Waals surface area (Å²) in [4.78, 5) is 2.11. The Morgan fingerprint density at radius 1 is 1.21 bits per heavy atom. The van der Waals surface area contributed by atoms with Crippen molar-refractivity contribution in [3.8, 4) is 5.75 Å². The molecule has 2 aromatic rings. The Hall–Kier alpha value is -1.37. The topological polar surface area (TPSA) is 41.9 Å². The van der Waals surface area contributed by atoms with Crippen LogP contribution in [0.25, 0.3) is 0 Å². The fourth-order valence-corrected chi connectivity index (χ4v) is 3.72. The highest BCUT2D eigenvalue weighted by atomic mass is 35.5. The fraction of sp³-hybridized carbons (Fsp3) is 0.429. The Bertz CT molecular complexity index is 754. The quantitative estimate of drug-likeness (QED) is 0.636. The van der Waals surface area contributed by atoms with E-state index in [2.05, 4.69) is 4.90 Å². The summed E-state index contributed by atoms with van der Waals surface area (Å²) >= 11 is 12.0. The van der Waals surface area contributed by atoms with Crippen LogP contribution in [0, 0.1) is 5.82 Å². The molecule has 152 valence electrons. The first-order chi connectivity index (χ1) is 13.5. The van der Waals surface area contributed by atoms with Crippen LogP contribution in [0.3, 0.4) is 0 Å². The van der Waals surface area contributed by atoms with Crippen molar-refractivity contribution >= 4 is 23.2 Å². The first kappa shape index (κ1) is 21.3. The molecule has 7 heteroatoms. The van der Waals surface area contributed by atoms with Gasteiger partial charge in [0.2, 0.25) is 0 Å². The molecule has 1 N–H and O–H groups in total. The third kappa shape index (κ3) is 6.61. The molecule has 1 aliphatic heterocycles. The van der Waals surface area contributed by atoms with Crippen LogP contribution in [0.5, 0.6) is 5.75 Å². The molecular formula is C21H24Cl2FNO3. The molecule has 0 aromatic heterocycles. The normalized spacial score (nSPS) is 17.8. The van der Waals surface area contributed by atoms with Crippen molar-refractivity contribution in [1.29, 1.82) is 0 Å². The van der Waals surface area contributed by atoms with Gasteiger partial charge in [0.05, 0.1) is 11.1 Å². The van der Waals surface area contributed by atoms with Crippen LogP contribution in [0.15, 0.2) is 42.5 Å². The number of aliphatic hydroxyl groups excluding tert-OH is 1. The smallest absolute Gasteiger partial charge is 0.138 e. The zero-order chi connectivity index (χ0) is 19.9. The third-order valence-corrected chi connectivity index (χ3v) is 5.13. The number of hydrogen-bond acceptors (Lipinski definition) is 4. The third-order valence-electron chi connectivity index (χ3n) is 4.60. The van der Waals surface area contributed by atoms with Crippen LogP contribution >= 0.6 is 23.2 Å². The molecule has 0 saturated carbocycles. The summed E-state index contributed by atoms with van der Waals surface area (Å²) in [5.41, 5.74) is 0.980. The Balaban J connectivity index is 1.57. The zero-order valence-electron chi connectivity index (χ0n) is 15.5. The minimum absolute atomic E-state index is 0.104. The molecule has 0 radical (unpaired) electrons. The number of aliphatic hydroxyl groups is 1. The van der Waals surface area contributed by atoms with Crippen LogP contribution < -0.4 is 4.74 Å². The second-order valence-corrected chi connectivity index (χ2v) is 7.84. The lowest BCUT2D eigenvalue weighted by Crippen LogP contribution is -2.39. The molecule has 4 nitrogen and oxygen atoms in total. The maximum absolute atomic E-state index is 13.2. The SMILES string of the molecule is OC(COc1ccc(Cl)cc1Cl)CN(Cc1ccc(F)cc1)CC1CCCO1. The highest BCUT2D eigenvalue weighted by Gasteiger charge is 2.21. The van der Waals surface area contributed by atoms with Gasteiger partial charge >= 0.3 is 0 Å². The van der Waals surface area contributed by atoms with E-state index in [1.54, 1.807) is 30.3 Å². The van der Waals surface area contributed by atoms with Gasteiger partial charge in [0, 0.05) is 31.3 Å². The van der Waals surface area contributed by atoms with E-state index in [4.69, 9.17) is 32.7 Å². The second kappa shape index (κ2) is 10.4. The monoisotopic (exact) mass is 427 g/mol. The molecular weight excluding hydrogens is 404 g/mol. The molecule has 2 aromatic carbocycles. The van der Waals surface area contributed by atoms with Crippen molar-refractivity contribution in [2.45, 2.75) is 31.6 Å². The van der Waals surface area contributed by atoms with E-state index >= 15 is 0 Å². The largest absolute Gasteiger partial charge is 0.489 e. The molecule has 0 aliphatic carbocycles. The van der Waals surface area contributed by atoms with Gasteiger partial charge in [-0.1, -0.05) is 35.3 Å². The predicted octanol–water partition coefficient (Wildman–Crippen LogP) is 4.55. The lowest BCUT2D eigenvalue weighted by atomic mass is 10.1. The molecule has 1 fully saturated rings. The maximum Gasteiger partial charge on any atom is 0.138 e. The van der Waals surface area contributed by atoms with Gasteiger partial charge in [-0.25, -0.2) is 4.39 Å². The van der Waals surface area contributed by atoms with Gasteiger partial charge in [-0.15, -0.1) is 0 Å². The van der Waals surface area contributed by atoms with Crippen molar-refractivity contribution in [2.24, 2.45) is 0 Å². The molecule has 1 heterocycles. The lowest BCUT2D eigenvalue weighted by Gasteiger charge is -2.27. The fourth-order valence-electron chi connectivity index (χ4n) is 3.26. The Kier molecular flexibility index (Phi) is 7.94. The van der Waals surface area contributed by atoms with Gasteiger partial charge in [-0.05, 0) is 48.7 Å². The number of hydrogen-bond donors (Lipinski definition) is 1. The molecule has 28 heavy (non-hydrogen) atoms. The molecule has 1 saturated heterocycles. The number of halogens is 3. The van der Waals surface area contributed by atoms with Crippen LogP contribution in [0.1, 0.15) is 18.4 Å². The van der Waals surface area contributed by atoms with E-state index in [9.17, 15) is 9.50 Å². The number of rotatable bonds is 9. The number of ether oxygens (including phenoxy) is 2. The summed E-state index contributed by atoms with van der Waals surface area (Å²) in [5, 5.41) is 11.4. The molecule has 3 rings (SSSR count). The molecule has 2 atom stereocenters. The first-order valence-corrected chi connectivity index (χ1v) is 10.1. The van der Waals surface area contributed by atoms with E-state index in [1.165, 1.54) is 12.1 Å². The van der Waals surface area contributed by atoms with Gasteiger partial charge < -0.3 is 14.6 Å². The standard InChI is InChI=1S/C21H24Cl2FNO3/c22-16-5-8-21(20(23)10-16)28-14-18(26)12-25(13-19-2-1-9-27-19)11-15-3-6-17(24)7-4-15/h3-8,10,18-19,26H,1-2,9,11-14H2. The second-order valence-electron chi connectivity index (χ2n) is 7.00. The van der Waals surface area contributed by atoms with Crippen LogP contribution in [-0.4, -0.2) is 48.5 Å². The van der Waals surface area contributed by atoms with Crippen LogP contribution in [0.2, 0.25) is 10.0 Å². The van der Waals surface area contributed by atoms with Gasteiger partial charge in [-0.2, -0.15) is 0 Å². The summed E-state index contributed by atoms with van der Waals surface area (Å²) in [7, 11) is 0. The minimum Gasteiger partial charge on any atom is -0.489 e. The van der Waals surface area contributed by atoms with Gasteiger partial charge in [0.1, 0.15) is 24.3 Å². The summed E-state index contributed by atoms with van der Waals surface area (Å²) in [6, 6.07) is 11.4. The molecule has 0 spiro atoms. The van der Waals surface area contributed by atoms with Crippen molar-refractivity contribution < 1.29 is 19.0 Å². The van der Waals surface area contributed by atoms with E-state index < -0.39 is 6.10 Å². The summed E-state index contributed by atoms with van der Waals surface area (Å²) < 4.78 is 24.5. The number of nitrogens with zero attached hydrogens (tertiary/aromatic N) is 1. The van der Waals surface area contributed by atoms with E-state index in [0.29, 0.717) is 35.4 Å². The van der Waals surface area contributed by atoms with Crippen molar-refractivity contribution in [3.63, 3.8) is 0 Å². The van der Waals surface area contributed by atoms with Crippen LogP contribution in [-0.2, 0) is 11.3 Å². The zero-order valence-corrected chi connectivity index (χ0v) is 17.0. The summed E-state index contributed by atoms with van der Waals surface area (Å²) in [5.74, 6) is 0.219. The van der Waals surface area contributed by atoms with Crippen molar-refractivity contribution in [3.05, 3.63) is 63.9 Å². The Morgan fingerprint density at radius 3 is 2.68 bits per heavy atom. The van der Waals surface area contributed by atoms with Gasteiger partial charge in [0.25, 0.3) is 0 Å². The Labute approximate surface area is 174 Å². The molecule has 0 bridgehead atoms. The molecule has 1 aliphatic rings. The van der Waals surface area contributed by atoms with Gasteiger partial charge in [-0.3, -0.25) is 4.90 Å². The molecule has 0 amide bonds. The highest BCUT2D eigenvalue weighted by Crippen LogP contribution is 2.27. The van der Waals surface area contributed by atoms with Crippen LogP contribution in [0.4, 0.5) is 4.39 Å². The molecule has 2 unspecified atom stereocenters. The maximum atomic E-state index is 13.2. The van der Waals surface area contributed by atoms with Crippen molar-refractivity contribution in [2.75, 3.05) is 26.3 Å². The minimum atomic E-state index is -0.714. The van der Waals surface area contributed by atoms with Gasteiger partial charge in [0.15, 0.2) is 0 Å². The summed E-state index contributed by atoms with van der Waals surface area (Å²) in [6.07, 6.45) is 1.50. The van der Waals surface area contributed by atoms with Crippen molar-refractivity contribution in [1.82, 2.24) is 4.90 Å². The summed E-state index contributed by atoms with van der Waals surface area (Å²) in [6.45, 7) is 2.58. The predicted molar refractivity (Wildman–Crippen MR) is 109 cm³/mol.